The molecule has 0 spiro atoms. The van der Waals surface area contributed by atoms with Gasteiger partial charge in [0.15, 0.2) is 6.33 Å². The van der Waals surface area contributed by atoms with Crippen LogP contribution in [0.2, 0.25) is 0 Å². The Labute approximate surface area is 101 Å². The number of thiophene rings is 1. The number of aromatic nitrogens is 4. The summed E-state index contributed by atoms with van der Waals surface area (Å²) >= 11 is 1.60. The Morgan fingerprint density at radius 2 is 2.24 bits per heavy atom. The maximum atomic E-state index is 4.91. The quantitative estimate of drug-likeness (QED) is 0.756. The van der Waals surface area contributed by atoms with Crippen LogP contribution >= 0.6 is 11.3 Å². The molecular weight excluding hydrogens is 238 g/mol. The zero-order valence-corrected chi connectivity index (χ0v) is 9.65. The molecule has 0 aromatic carbocycles. The van der Waals surface area contributed by atoms with Gasteiger partial charge in [-0.25, -0.2) is 9.97 Å². The van der Waals surface area contributed by atoms with E-state index in [1.165, 1.54) is 6.33 Å². The molecule has 0 saturated heterocycles. The minimum atomic E-state index is 0.619. The summed E-state index contributed by atoms with van der Waals surface area (Å²) in [5.74, 6) is 1.46. The highest BCUT2D eigenvalue weighted by molar-refractivity contribution is 7.16. The van der Waals surface area contributed by atoms with Crippen molar-refractivity contribution < 1.29 is 4.52 Å². The fraction of sp³-hybridized carbons (Fsp3) is 0.200. The molecule has 0 bridgehead atoms. The molecule has 0 saturated carbocycles. The van der Waals surface area contributed by atoms with E-state index in [4.69, 9.17) is 4.52 Å². The molecule has 7 heteroatoms. The minimum Gasteiger partial charge on any atom is -0.369 e. The molecule has 6 nitrogen and oxygen atoms in total. The lowest BCUT2D eigenvalue weighted by Crippen LogP contribution is -2.06. The Morgan fingerprint density at radius 1 is 1.24 bits per heavy atom. The van der Waals surface area contributed by atoms with Crippen LogP contribution in [0, 0.1) is 0 Å². The van der Waals surface area contributed by atoms with Gasteiger partial charge in [0.2, 0.25) is 5.89 Å². The monoisotopic (exact) mass is 247 g/mol. The van der Waals surface area contributed by atoms with Crippen molar-refractivity contribution in [2.24, 2.45) is 0 Å². The summed E-state index contributed by atoms with van der Waals surface area (Å²) in [4.78, 5) is 13.3. The minimum absolute atomic E-state index is 0.619. The van der Waals surface area contributed by atoms with Gasteiger partial charge in [-0.15, -0.1) is 11.3 Å². The molecule has 17 heavy (non-hydrogen) atoms. The Morgan fingerprint density at radius 3 is 3.12 bits per heavy atom. The first-order chi connectivity index (χ1) is 8.43. The zero-order chi connectivity index (χ0) is 11.5. The van der Waals surface area contributed by atoms with E-state index >= 15 is 0 Å². The molecule has 0 atom stereocenters. The van der Waals surface area contributed by atoms with E-state index in [1.807, 2.05) is 11.4 Å². The predicted molar refractivity (Wildman–Crippen MR) is 63.9 cm³/mol. The van der Waals surface area contributed by atoms with Gasteiger partial charge in [0.25, 0.3) is 0 Å². The number of rotatable bonds is 4. The summed E-state index contributed by atoms with van der Waals surface area (Å²) in [5.41, 5.74) is 0. The lowest BCUT2D eigenvalue weighted by Gasteiger charge is -2.03. The van der Waals surface area contributed by atoms with Gasteiger partial charge in [-0.1, -0.05) is 5.16 Å². The summed E-state index contributed by atoms with van der Waals surface area (Å²) in [6, 6.07) is 2.01. The van der Waals surface area contributed by atoms with Gasteiger partial charge >= 0.3 is 0 Å². The summed E-state index contributed by atoms with van der Waals surface area (Å²) in [7, 11) is 0. The van der Waals surface area contributed by atoms with Crippen molar-refractivity contribution in [2.45, 2.75) is 6.42 Å². The Bertz CT molecular complexity index is 606. The highest BCUT2D eigenvalue weighted by atomic mass is 32.1. The van der Waals surface area contributed by atoms with Gasteiger partial charge in [0, 0.05) is 13.0 Å². The second kappa shape index (κ2) is 4.46. The van der Waals surface area contributed by atoms with Crippen LogP contribution in [0.15, 0.2) is 28.6 Å². The van der Waals surface area contributed by atoms with Gasteiger partial charge in [0.05, 0.1) is 5.39 Å². The average Bonchev–Trinajstić information content (AvgIpc) is 2.99. The number of anilines is 1. The molecule has 86 valence electrons. The average molecular weight is 247 g/mol. The molecule has 0 aliphatic carbocycles. The second-order valence-corrected chi connectivity index (χ2v) is 4.27. The molecule has 0 aliphatic heterocycles. The van der Waals surface area contributed by atoms with Gasteiger partial charge in [-0.2, -0.15) is 4.98 Å². The van der Waals surface area contributed by atoms with Crippen LogP contribution in [0.5, 0.6) is 0 Å². The third kappa shape index (κ3) is 2.09. The van der Waals surface area contributed by atoms with Crippen molar-refractivity contribution >= 4 is 27.4 Å². The van der Waals surface area contributed by atoms with Crippen LogP contribution in [0.4, 0.5) is 5.82 Å². The molecule has 1 N–H and O–H groups in total. The third-order valence-electron chi connectivity index (χ3n) is 2.30. The second-order valence-electron chi connectivity index (χ2n) is 3.37. The lowest BCUT2D eigenvalue weighted by molar-refractivity contribution is 0.380. The van der Waals surface area contributed by atoms with Gasteiger partial charge in [-0.3, -0.25) is 0 Å². The summed E-state index contributed by atoms with van der Waals surface area (Å²) in [5, 5.41) is 9.84. The van der Waals surface area contributed by atoms with E-state index in [0.717, 1.165) is 16.0 Å². The van der Waals surface area contributed by atoms with Gasteiger partial charge in [-0.05, 0) is 11.4 Å². The Hall–Kier alpha value is -2.02. The fourth-order valence-electron chi connectivity index (χ4n) is 1.52. The van der Waals surface area contributed by atoms with Crippen molar-refractivity contribution in [3.63, 3.8) is 0 Å². The number of nitrogens with zero attached hydrogens (tertiary/aromatic N) is 4. The maximum Gasteiger partial charge on any atom is 0.228 e. The summed E-state index contributed by atoms with van der Waals surface area (Å²) in [6.45, 7) is 0.699. The van der Waals surface area contributed by atoms with Crippen molar-refractivity contribution in [3.8, 4) is 0 Å². The lowest BCUT2D eigenvalue weighted by atomic mass is 10.3. The SMILES string of the molecule is c1noc(CCNc2ncnc3sccc23)n1. The molecule has 3 rings (SSSR count). The van der Waals surface area contributed by atoms with Crippen molar-refractivity contribution in [2.75, 3.05) is 11.9 Å². The molecule has 0 unspecified atom stereocenters. The fourth-order valence-corrected chi connectivity index (χ4v) is 2.26. The highest BCUT2D eigenvalue weighted by Gasteiger charge is 2.04. The van der Waals surface area contributed by atoms with E-state index in [1.54, 1.807) is 17.7 Å². The van der Waals surface area contributed by atoms with E-state index in [0.29, 0.717) is 18.9 Å². The predicted octanol–water partition coefficient (Wildman–Crippen LogP) is 1.73. The first-order valence-electron chi connectivity index (χ1n) is 5.11. The highest BCUT2D eigenvalue weighted by Crippen LogP contribution is 2.23. The van der Waals surface area contributed by atoms with E-state index in [9.17, 15) is 0 Å². The van der Waals surface area contributed by atoms with E-state index in [2.05, 4.69) is 25.4 Å². The molecule has 3 aromatic rings. The number of hydrogen-bond acceptors (Lipinski definition) is 7. The molecule has 0 fully saturated rings. The van der Waals surface area contributed by atoms with Crippen LogP contribution in [0.25, 0.3) is 10.2 Å². The van der Waals surface area contributed by atoms with Crippen molar-refractivity contribution in [3.05, 3.63) is 30.0 Å². The van der Waals surface area contributed by atoms with Crippen LogP contribution in [0.1, 0.15) is 5.89 Å². The van der Waals surface area contributed by atoms with Crippen LogP contribution in [-0.2, 0) is 6.42 Å². The topological polar surface area (TPSA) is 76.7 Å². The molecule has 3 heterocycles. The normalized spacial score (nSPS) is 10.8. The summed E-state index contributed by atoms with van der Waals surface area (Å²) < 4.78 is 4.91. The van der Waals surface area contributed by atoms with Crippen LogP contribution < -0.4 is 5.32 Å². The largest absolute Gasteiger partial charge is 0.369 e. The van der Waals surface area contributed by atoms with Crippen molar-refractivity contribution in [1.29, 1.82) is 0 Å². The Kier molecular flexibility index (Phi) is 2.66. The third-order valence-corrected chi connectivity index (χ3v) is 3.12. The molecule has 0 amide bonds. The standard InChI is InChI=1S/C10H9N5OS/c1(8-12-6-15-16-8)3-11-9-7-2-4-17-10(7)14-5-13-9/h2,4-6H,1,3H2,(H,11,13,14). The van der Waals surface area contributed by atoms with Crippen LogP contribution in [0.3, 0.4) is 0 Å². The van der Waals surface area contributed by atoms with E-state index < -0.39 is 0 Å². The first-order valence-corrected chi connectivity index (χ1v) is 5.99. The number of nitrogens with one attached hydrogen (secondary N) is 1. The summed E-state index contributed by atoms with van der Waals surface area (Å²) in [6.07, 6.45) is 3.64. The smallest absolute Gasteiger partial charge is 0.228 e. The number of hydrogen-bond donors (Lipinski definition) is 1. The Balaban J connectivity index is 1.70. The first kappa shape index (κ1) is 10.2. The molecule has 0 aliphatic rings. The van der Waals surface area contributed by atoms with Gasteiger partial charge in [0.1, 0.15) is 17.0 Å². The van der Waals surface area contributed by atoms with Gasteiger partial charge < -0.3 is 9.84 Å². The molecule has 0 radical (unpaired) electrons. The molecular formula is C10H9N5OS. The van der Waals surface area contributed by atoms with Crippen LogP contribution in [-0.4, -0.2) is 26.7 Å². The maximum absolute atomic E-state index is 4.91. The van der Waals surface area contributed by atoms with Crippen molar-refractivity contribution in [1.82, 2.24) is 20.1 Å². The number of fused-ring (bicyclic) bond motifs is 1. The van der Waals surface area contributed by atoms with E-state index in [-0.39, 0.29) is 0 Å². The molecule has 3 aromatic heterocycles. The zero-order valence-electron chi connectivity index (χ0n) is 8.83.